The van der Waals surface area contributed by atoms with Gasteiger partial charge in [-0.3, -0.25) is 14.1 Å². The van der Waals surface area contributed by atoms with E-state index in [0.717, 1.165) is 39.3 Å². The molecule has 0 bridgehead atoms. The molecule has 0 aromatic heterocycles. The lowest BCUT2D eigenvalue weighted by molar-refractivity contribution is -0.117. The molecule has 3 saturated heterocycles. The fourth-order valence-corrected chi connectivity index (χ4v) is 3.86. The number of halogens is 2. The van der Waals surface area contributed by atoms with E-state index in [0.29, 0.717) is 17.1 Å². The van der Waals surface area contributed by atoms with Crippen LogP contribution in [-0.4, -0.2) is 85.2 Å². The van der Waals surface area contributed by atoms with Crippen LogP contribution in [0.4, 0.5) is 0 Å². The van der Waals surface area contributed by atoms with E-state index in [-0.39, 0.29) is 16.4 Å². The van der Waals surface area contributed by atoms with Crippen molar-refractivity contribution < 1.29 is 28.5 Å². The Hall–Kier alpha value is -0.710. The van der Waals surface area contributed by atoms with Gasteiger partial charge in [0, 0.05) is 50.2 Å². The number of phosphoric acid groups is 1. The van der Waals surface area contributed by atoms with Gasteiger partial charge in [0.2, 0.25) is 11.6 Å². The second kappa shape index (κ2) is 7.96. The number of hydrogen-bond donors (Lipinski definition) is 2. The molecule has 3 heterocycles. The normalized spacial score (nSPS) is 23.6. The first kappa shape index (κ1) is 21.0. The maximum absolute atomic E-state index is 12.4. The summed E-state index contributed by atoms with van der Waals surface area (Å²) in [5.41, 5.74) is 1.89. The van der Waals surface area contributed by atoms with E-state index in [1.54, 1.807) is 6.92 Å². The number of alkyl halides is 2. The van der Waals surface area contributed by atoms with E-state index >= 15 is 0 Å². The molecular weight excluding hydrogens is 509 g/mol. The van der Waals surface area contributed by atoms with Crippen LogP contribution >= 0.6 is 39.7 Å². The zero-order valence-corrected chi connectivity index (χ0v) is 18.6. The Labute approximate surface area is 173 Å². The minimum Gasteiger partial charge on any atom is -0.365 e. The molecule has 9 nitrogen and oxygen atoms in total. The molecule has 0 aromatic carbocycles. The highest BCUT2D eigenvalue weighted by atomic mass is 79.9. The molecule has 0 saturated carbocycles. The molecule has 0 aromatic rings. The first-order valence-electron chi connectivity index (χ1n) is 8.40. The van der Waals surface area contributed by atoms with Crippen molar-refractivity contribution in [3.05, 3.63) is 23.2 Å². The Bertz CT molecular complexity index is 753. The maximum atomic E-state index is 12.4. The Balaban J connectivity index is 0.000000183. The van der Waals surface area contributed by atoms with Crippen LogP contribution in [0.25, 0.3) is 0 Å². The Morgan fingerprint density at radius 3 is 1.85 bits per heavy atom. The lowest BCUT2D eigenvalue weighted by atomic mass is 10.0. The third kappa shape index (κ3) is 5.65. The molecule has 0 spiro atoms. The summed E-state index contributed by atoms with van der Waals surface area (Å²) in [7, 11) is -4.35. The van der Waals surface area contributed by atoms with Crippen LogP contribution in [0.15, 0.2) is 23.2 Å². The molecule has 2 N–H and O–H groups in total. The van der Waals surface area contributed by atoms with Crippen LogP contribution in [-0.2, 0) is 18.7 Å². The summed E-state index contributed by atoms with van der Waals surface area (Å²) in [6.07, 6.45) is 1.52. The summed E-state index contributed by atoms with van der Waals surface area (Å²) in [6, 6.07) is 0. The quantitative estimate of drug-likeness (QED) is 0.224. The minimum atomic E-state index is -4.35. The van der Waals surface area contributed by atoms with E-state index < -0.39 is 12.8 Å². The Kier molecular flexibility index (Phi) is 6.20. The first-order valence-corrected chi connectivity index (χ1v) is 11.8. The van der Waals surface area contributed by atoms with E-state index in [4.69, 9.17) is 9.79 Å². The van der Waals surface area contributed by atoms with Gasteiger partial charge in [0.05, 0.1) is 5.70 Å². The highest BCUT2D eigenvalue weighted by Crippen LogP contribution is 2.40. The zero-order valence-electron chi connectivity index (χ0n) is 14.5. The highest BCUT2D eigenvalue weighted by molar-refractivity contribution is 9.12. The molecule has 12 heteroatoms. The number of Topliss-reactive ketones (excluding diaryl/α,β-unsaturated/α-hetero) is 1. The molecule has 0 amide bonds. The summed E-state index contributed by atoms with van der Waals surface area (Å²) >= 11 is 5.99. The number of carbonyl (C=O) groups excluding carboxylic acids is 2. The van der Waals surface area contributed by atoms with Crippen molar-refractivity contribution in [3.8, 4) is 0 Å². The average molecular weight is 529 g/mol. The molecular formula is C15H20Br2N3O6P. The average Bonchev–Trinajstić information content (AvgIpc) is 3.41. The number of ketones is 2. The van der Waals surface area contributed by atoms with E-state index in [1.807, 2.05) is 14.7 Å². The molecule has 4 rings (SSSR count). The van der Waals surface area contributed by atoms with Gasteiger partial charge in [-0.15, -0.1) is 0 Å². The summed E-state index contributed by atoms with van der Waals surface area (Å²) < 4.78 is 14.4. The van der Waals surface area contributed by atoms with Crippen molar-refractivity contribution in [2.45, 2.75) is 16.8 Å². The van der Waals surface area contributed by atoms with Gasteiger partial charge in [-0.2, -0.15) is 0 Å². The van der Waals surface area contributed by atoms with Gasteiger partial charge in [-0.1, -0.05) is 31.9 Å². The van der Waals surface area contributed by atoms with Gasteiger partial charge in [0.1, 0.15) is 16.4 Å². The predicted molar refractivity (Wildman–Crippen MR) is 104 cm³/mol. The van der Waals surface area contributed by atoms with Crippen molar-refractivity contribution in [3.63, 3.8) is 0 Å². The van der Waals surface area contributed by atoms with Gasteiger partial charge in [0.25, 0.3) is 0 Å². The number of phosphoric ester groups is 1. The van der Waals surface area contributed by atoms with Crippen molar-refractivity contribution in [1.29, 1.82) is 0 Å². The fourth-order valence-electron chi connectivity index (χ4n) is 2.49. The summed E-state index contributed by atoms with van der Waals surface area (Å²) in [4.78, 5) is 46.9. The Morgan fingerprint density at radius 2 is 1.48 bits per heavy atom. The number of hydrogen-bond acceptors (Lipinski definition) is 7. The van der Waals surface area contributed by atoms with Crippen molar-refractivity contribution in [2.24, 2.45) is 0 Å². The maximum Gasteiger partial charge on any atom is 0.470 e. The second-order valence-electron chi connectivity index (χ2n) is 6.51. The minimum absolute atomic E-state index is 0.00546. The molecule has 27 heavy (non-hydrogen) atoms. The van der Waals surface area contributed by atoms with Crippen LogP contribution in [0.5, 0.6) is 0 Å². The molecule has 150 valence electrons. The number of rotatable bonds is 6. The van der Waals surface area contributed by atoms with E-state index in [2.05, 4.69) is 36.4 Å². The predicted octanol–water partition coefficient (Wildman–Crippen LogP) is 0.781. The third-order valence-corrected chi connectivity index (χ3v) is 7.05. The summed E-state index contributed by atoms with van der Waals surface area (Å²) in [5.74, 6) is 0.0485. The van der Waals surface area contributed by atoms with Crippen LogP contribution in [0.1, 0.15) is 6.92 Å². The number of carbonyl (C=O) groups is 2. The van der Waals surface area contributed by atoms with Crippen molar-refractivity contribution in [2.75, 3.05) is 39.3 Å². The van der Waals surface area contributed by atoms with Crippen LogP contribution in [0.3, 0.4) is 0 Å². The van der Waals surface area contributed by atoms with Gasteiger partial charge in [-0.05, 0) is 6.92 Å². The third-order valence-electron chi connectivity index (χ3n) is 4.09. The summed E-state index contributed by atoms with van der Waals surface area (Å²) in [5, 5.41) is -0.673. The molecule has 4 aliphatic rings. The SMILES string of the molecule is CC(Br)C(Br)OP(=O)(O)O.O=C1C=C(N2CC2)C(=O)C(N2CC2)=C1N1CC1. The van der Waals surface area contributed by atoms with Crippen LogP contribution in [0.2, 0.25) is 0 Å². The van der Waals surface area contributed by atoms with Crippen LogP contribution in [0, 0.1) is 0 Å². The van der Waals surface area contributed by atoms with Gasteiger partial charge >= 0.3 is 7.82 Å². The summed E-state index contributed by atoms with van der Waals surface area (Å²) in [6.45, 7) is 7.11. The fraction of sp³-hybridized carbons (Fsp3) is 0.600. The molecule has 1 aliphatic carbocycles. The van der Waals surface area contributed by atoms with Gasteiger partial charge in [-0.25, -0.2) is 4.57 Å². The topological polar surface area (TPSA) is 110 Å². The first-order chi connectivity index (χ1) is 12.6. The number of nitrogens with zero attached hydrogens (tertiary/aromatic N) is 3. The van der Waals surface area contributed by atoms with E-state index in [9.17, 15) is 14.2 Å². The molecule has 3 fully saturated rings. The monoisotopic (exact) mass is 527 g/mol. The number of allylic oxidation sites excluding steroid dienone is 1. The lowest BCUT2D eigenvalue weighted by Crippen LogP contribution is -2.29. The van der Waals surface area contributed by atoms with Gasteiger partial charge < -0.3 is 24.5 Å². The lowest BCUT2D eigenvalue weighted by Gasteiger charge is -2.21. The van der Waals surface area contributed by atoms with Crippen molar-refractivity contribution >= 4 is 51.2 Å². The molecule has 2 atom stereocenters. The van der Waals surface area contributed by atoms with E-state index in [1.165, 1.54) is 6.08 Å². The molecule has 0 radical (unpaired) electrons. The molecule has 3 aliphatic heterocycles. The zero-order chi connectivity index (χ0) is 19.9. The largest absolute Gasteiger partial charge is 0.470 e. The standard InChI is InChI=1S/C12H13N3O2.C3H7Br2O4P/c16-9-7-8(13-1-2-13)12(17)11(15-5-6-15)10(9)14-3-4-14;1-2(4)3(5)9-10(6,7)8/h7H,1-6H2;2-3H,1H3,(H2,6,7,8). The second-order valence-corrected chi connectivity index (χ2v) is 10.0. The van der Waals surface area contributed by atoms with Crippen LogP contribution < -0.4 is 0 Å². The van der Waals surface area contributed by atoms with Crippen molar-refractivity contribution in [1.82, 2.24) is 14.7 Å². The van der Waals surface area contributed by atoms with Gasteiger partial charge in [0.15, 0.2) is 0 Å². The highest BCUT2D eigenvalue weighted by Gasteiger charge is 2.43. The smallest absolute Gasteiger partial charge is 0.365 e. The Morgan fingerprint density at radius 1 is 1.00 bits per heavy atom. The molecule has 2 unspecified atom stereocenters.